The number of carbonyl (C=O) groups excluding carboxylic acids is 1. The monoisotopic (exact) mass is 191 g/mol. The standard InChI is InChI=1S/C6H7F2N3O2/c1-3-10-4(11-13-3)2-9-6(12)5(7)8/h5H,2H2,1H3,(H,9,12). The van der Waals surface area contributed by atoms with Gasteiger partial charge in [-0.05, 0) is 0 Å². The van der Waals surface area contributed by atoms with Crippen LogP contribution in [0, 0.1) is 6.92 Å². The van der Waals surface area contributed by atoms with Crippen molar-refractivity contribution in [1.82, 2.24) is 15.5 Å². The molecule has 0 aliphatic rings. The number of nitrogens with one attached hydrogen (secondary N) is 1. The van der Waals surface area contributed by atoms with Crippen LogP contribution in [0.3, 0.4) is 0 Å². The summed E-state index contributed by atoms with van der Waals surface area (Å²) >= 11 is 0. The Labute approximate surface area is 72.1 Å². The maximum absolute atomic E-state index is 11.7. The molecule has 0 aliphatic carbocycles. The summed E-state index contributed by atoms with van der Waals surface area (Å²) in [5, 5.41) is 5.34. The third kappa shape index (κ3) is 2.77. The van der Waals surface area contributed by atoms with Gasteiger partial charge in [0.2, 0.25) is 5.89 Å². The van der Waals surface area contributed by atoms with Crippen LogP contribution in [0.1, 0.15) is 11.7 Å². The first-order valence-corrected chi connectivity index (χ1v) is 3.44. The van der Waals surface area contributed by atoms with Gasteiger partial charge in [-0.2, -0.15) is 13.8 Å². The first-order valence-electron chi connectivity index (χ1n) is 3.44. The van der Waals surface area contributed by atoms with Crippen LogP contribution >= 0.6 is 0 Å². The smallest absolute Gasteiger partial charge is 0.315 e. The Kier molecular flexibility index (Phi) is 2.88. The van der Waals surface area contributed by atoms with Crippen LogP contribution in [-0.2, 0) is 11.3 Å². The molecule has 0 atom stereocenters. The minimum Gasteiger partial charge on any atom is -0.344 e. The molecule has 1 heterocycles. The van der Waals surface area contributed by atoms with Crippen molar-refractivity contribution in [2.24, 2.45) is 0 Å². The fraction of sp³-hybridized carbons (Fsp3) is 0.500. The Morgan fingerprint density at radius 3 is 2.85 bits per heavy atom. The van der Waals surface area contributed by atoms with Crippen molar-refractivity contribution >= 4 is 5.91 Å². The molecule has 0 aliphatic heterocycles. The predicted molar refractivity (Wildman–Crippen MR) is 36.9 cm³/mol. The lowest BCUT2D eigenvalue weighted by molar-refractivity contribution is -0.131. The summed E-state index contributed by atoms with van der Waals surface area (Å²) in [5.74, 6) is -0.852. The van der Waals surface area contributed by atoms with E-state index >= 15 is 0 Å². The minimum atomic E-state index is -3.02. The second-order valence-electron chi connectivity index (χ2n) is 2.25. The number of amides is 1. The first kappa shape index (κ1) is 9.56. The molecule has 0 bridgehead atoms. The summed E-state index contributed by atoms with van der Waals surface area (Å²) < 4.78 is 27.9. The van der Waals surface area contributed by atoms with Gasteiger partial charge >= 0.3 is 6.43 Å². The second kappa shape index (κ2) is 3.92. The van der Waals surface area contributed by atoms with E-state index in [-0.39, 0.29) is 12.4 Å². The lowest BCUT2D eigenvalue weighted by Crippen LogP contribution is -2.29. The lowest BCUT2D eigenvalue weighted by atomic mass is 10.5. The number of alkyl halides is 2. The van der Waals surface area contributed by atoms with Crippen LogP contribution in [0.4, 0.5) is 8.78 Å². The highest BCUT2D eigenvalue weighted by Crippen LogP contribution is 1.95. The highest BCUT2D eigenvalue weighted by atomic mass is 19.3. The van der Waals surface area contributed by atoms with Crippen LogP contribution in [0.5, 0.6) is 0 Å². The van der Waals surface area contributed by atoms with Crippen LogP contribution in [0.25, 0.3) is 0 Å². The number of rotatable bonds is 3. The largest absolute Gasteiger partial charge is 0.344 e. The molecule has 0 aromatic carbocycles. The van der Waals surface area contributed by atoms with E-state index in [1.54, 1.807) is 6.92 Å². The van der Waals surface area contributed by atoms with Crippen molar-refractivity contribution in [1.29, 1.82) is 0 Å². The number of halogens is 2. The zero-order chi connectivity index (χ0) is 9.84. The number of hydrogen-bond donors (Lipinski definition) is 1. The van der Waals surface area contributed by atoms with E-state index in [1.165, 1.54) is 0 Å². The Hall–Kier alpha value is -1.53. The molecule has 1 N–H and O–H groups in total. The molecule has 1 rings (SSSR count). The highest BCUT2D eigenvalue weighted by molar-refractivity contribution is 5.78. The average Bonchev–Trinajstić information content (AvgIpc) is 2.47. The van der Waals surface area contributed by atoms with Crippen molar-refractivity contribution in [3.8, 4) is 0 Å². The van der Waals surface area contributed by atoms with Gasteiger partial charge in [0.25, 0.3) is 5.91 Å². The molecule has 0 fully saturated rings. The number of carbonyl (C=O) groups is 1. The Morgan fingerprint density at radius 2 is 2.38 bits per heavy atom. The molecule has 0 unspecified atom stereocenters. The maximum Gasteiger partial charge on any atom is 0.315 e. The Morgan fingerprint density at radius 1 is 1.69 bits per heavy atom. The number of hydrogen-bond acceptors (Lipinski definition) is 4. The van der Waals surface area contributed by atoms with Gasteiger partial charge in [-0.3, -0.25) is 4.79 Å². The van der Waals surface area contributed by atoms with Crippen LogP contribution in [0.15, 0.2) is 4.52 Å². The SMILES string of the molecule is Cc1nc(CNC(=O)C(F)F)no1. The summed E-state index contributed by atoms with van der Waals surface area (Å²) in [6.45, 7) is 1.41. The number of aromatic nitrogens is 2. The molecule has 1 aromatic rings. The summed E-state index contributed by atoms with van der Waals surface area (Å²) in [4.78, 5) is 14.1. The van der Waals surface area contributed by atoms with Gasteiger partial charge in [0.15, 0.2) is 5.82 Å². The molecule has 0 spiro atoms. The molecular formula is C6H7F2N3O2. The normalized spacial score (nSPS) is 10.5. The van der Waals surface area contributed by atoms with Crippen molar-refractivity contribution in [2.75, 3.05) is 0 Å². The van der Waals surface area contributed by atoms with E-state index in [1.807, 2.05) is 5.32 Å². The molecule has 0 saturated carbocycles. The second-order valence-corrected chi connectivity index (χ2v) is 2.25. The molecule has 1 aromatic heterocycles. The topological polar surface area (TPSA) is 68.0 Å². The molecule has 5 nitrogen and oxygen atoms in total. The van der Waals surface area contributed by atoms with E-state index < -0.39 is 12.3 Å². The van der Waals surface area contributed by atoms with Gasteiger partial charge in [0, 0.05) is 6.92 Å². The summed E-state index contributed by atoms with van der Waals surface area (Å²) in [6.07, 6.45) is -3.02. The van der Waals surface area contributed by atoms with Crippen molar-refractivity contribution in [2.45, 2.75) is 19.9 Å². The van der Waals surface area contributed by atoms with Gasteiger partial charge < -0.3 is 9.84 Å². The van der Waals surface area contributed by atoms with Gasteiger partial charge in [0.1, 0.15) is 0 Å². The quantitative estimate of drug-likeness (QED) is 0.744. The number of nitrogens with zero attached hydrogens (tertiary/aromatic N) is 2. The number of aryl methyl sites for hydroxylation is 1. The molecule has 0 radical (unpaired) electrons. The molecular weight excluding hydrogens is 184 g/mol. The molecule has 7 heteroatoms. The zero-order valence-corrected chi connectivity index (χ0v) is 6.75. The maximum atomic E-state index is 11.7. The first-order chi connectivity index (χ1) is 6.09. The van der Waals surface area contributed by atoms with Crippen molar-refractivity contribution < 1.29 is 18.1 Å². The van der Waals surface area contributed by atoms with Crippen LogP contribution in [-0.4, -0.2) is 22.5 Å². The summed E-state index contributed by atoms with van der Waals surface area (Å²) in [6, 6.07) is 0. The average molecular weight is 191 g/mol. The van der Waals surface area contributed by atoms with E-state index in [4.69, 9.17) is 0 Å². The van der Waals surface area contributed by atoms with Crippen molar-refractivity contribution in [3.63, 3.8) is 0 Å². The third-order valence-electron chi connectivity index (χ3n) is 1.19. The molecule has 1 amide bonds. The van der Waals surface area contributed by atoms with E-state index in [2.05, 4.69) is 14.7 Å². The van der Waals surface area contributed by atoms with E-state index in [9.17, 15) is 13.6 Å². The fourth-order valence-electron chi connectivity index (χ4n) is 0.656. The summed E-state index contributed by atoms with van der Waals surface area (Å²) in [5.41, 5.74) is 0. The fourth-order valence-corrected chi connectivity index (χ4v) is 0.656. The molecule has 0 saturated heterocycles. The highest BCUT2D eigenvalue weighted by Gasteiger charge is 2.15. The van der Waals surface area contributed by atoms with Gasteiger partial charge in [0.05, 0.1) is 6.54 Å². The Balaban J connectivity index is 2.39. The van der Waals surface area contributed by atoms with E-state index in [0.29, 0.717) is 5.89 Å². The summed E-state index contributed by atoms with van der Waals surface area (Å²) in [7, 11) is 0. The predicted octanol–water partition coefficient (Wildman–Crippen LogP) is 0.259. The van der Waals surface area contributed by atoms with Crippen LogP contribution < -0.4 is 5.32 Å². The van der Waals surface area contributed by atoms with Gasteiger partial charge in [-0.1, -0.05) is 5.16 Å². The van der Waals surface area contributed by atoms with Crippen molar-refractivity contribution in [3.05, 3.63) is 11.7 Å². The van der Waals surface area contributed by atoms with Crippen LogP contribution in [0.2, 0.25) is 0 Å². The minimum absolute atomic E-state index is 0.152. The third-order valence-corrected chi connectivity index (χ3v) is 1.19. The van der Waals surface area contributed by atoms with Gasteiger partial charge in [-0.15, -0.1) is 0 Å². The molecule has 72 valence electrons. The van der Waals surface area contributed by atoms with E-state index in [0.717, 1.165) is 0 Å². The van der Waals surface area contributed by atoms with Gasteiger partial charge in [-0.25, -0.2) is 0 Å². The zero-order valence-electron chi connectivity index (χ0n) is 6.75. The Bertz CT molecular complexity index is 300. The molecule has 13 heavy (non-hydrogen) atoms. The lowest BCUT2D eigenvalue weighted by Gasteiger charge is -1.98.